The molecule has 6 heteroatoms. The highest BCUT2D eigenvalue weighted by atomic mass is 32.2. The van der Waals surface area contributed by atoms with Crippen molar-refractivity contribution < 1.29 is 4.52 Å². The summed E-state index contributed by atoms with van der Waals surface area (Å²) in [6.07, 6.45) is 5.27. The Morgan fingerprint density at radius 1 is 1.29 bits per heavy atom. The largest absolute Gasteiger partial charge is 0.334 e. The second-order valence-corrected chi connectivity index (χ2v) is 3.38. The molecule has 0 radical (unpaired) electrons. The minimum absolute atomic E-state index is 0.454. The average molecular weight is 208 g/mol. The van der Waals surface area contributed by atoms with Crippen LogP contribution in [0.1, 0.15) is 5.82 Å². The van der Waals surface area contributed by atoms with Crippen molar-refractivity contribution in [1.82, 2.24) is 20.1 Å². The van der Waals surface area contributed by atoms with Gasteiger partial charge in [0.25, 0.3) is 5.89 Å². The molecule has 0 unspecified atom stereocenters. The highest BCUT2D eigenvalue weighted by Gasteiger charge is 2.06. The van der Waals surface area contributed by atoms with Gasteiger partial charge in [0.15, 0.2) is 11.0 Å². The molecule has 0 spiro atoms. The summed E-state index contributed by atoms with van der Waals surface area (Å²) in [6.45, 7) is 1.77. The molecule has 2 rings (SSSR count). The van der Waals surface area contributed by atoms with Crippen LogP contribution in [-0.2, 0) is 0 Å². The maximum Gasteiger partial charge on any atom is 0.261 e. The number of aromatic nitrogens is 4. The molecular formula is C8H8N4OS. The lowest BCUT2D eigenvalue weighted by molar-refractivity contribution is 0.425. The van der Waals surface area contributed by atoms with Gasteiger partial charge in [0.1, 0.15) is 0 Å². The summed E-state index contributed by atoms with van der Waals surface area (Å²) >= 11 is 1.49. The summed E-state index contributed by atoms with van der Waals surface area (Å²) in [6, 6.07) is 0. The van der Waals surface area contributed by atoms with Crippen LogP contribution in [0.15, 0.2) is 22.1 Å². The zero-order valence-corrected chi connectivity index (χ0v) is 8.58. The molecule has 0 N–H and O–H groups in total. The van der Waals surface area contributed by atoms with Gasteiger partial charge in [-0.3, -0.25) is 0 Å². The number of rotatable bonds is 2. The van der Waals surface area contributed by atoms with E-state index < -0.39 is 0 Å². The fourth-order valence-electron chi connectivity index (χ4n) is 0.946. The topological polar surface area (TPSA) is 64.7 Å². The Labute approximate surface area is 85.0 Å². The van der Waals surface area contributed by atoms with E-state index in [4.69, 9.17) is 4.52 Å². The molecular weight excluding hydrogens is 200 g/mol. The summed E-state index contributed by atoms with van der Waals surface area (Å²) in [5.41, 5.74) is 0.739. The van der Waals surface area contributed by atoms with Crippen LogP contribution in [0, 0.1) is 6.92 Å². The van der Waals surface area contributed by atoms with Crippen molar-refractivity contribution >= 4 is 11.8 Å². The number of nitrogens with zero attached hydrogens (tertiary/aromatic N) is 4. The van der Waals surface area contributed by atoms with Crippen molar-refractivity contribution in [3.8, 4) is 11.5 Å². The molecule has 0 amide bonds. The molecule has 0 aliphatic rings. The Kier molecular flexibility index (Phi) is 2.45. The van der Waals surface area contributed by atoms with Crippen LogP contribution in [0.2, 0.25) is 0 Å². The molecule has 0 fully saturated rings. The normalized spacial score (nSPS) is 10.4. The Morgan fingerprint density at radius 2 is 2.00 bits per heavy atom. The van der Waals surface area contributed by atoms with E-state index in [1.54, 1.807) is 19.3 Å². The van der Waals surface area contributed by atoms with Crippen LogP contribution < -0.4 is 0 Å². The molecule has 0 saturated heterocycles. The molecule has 2 heterocycles. The van der Waals surface area contributed by atoms with Crippen LogP contribution in [0.25, 0.3) is 11.5 Å². The molecule has 0 bridgehead atoms. The second kappa shape index (κ2) is 3.75. The first-order valence-corrected chi connectivity index (χ1v) is 5.19. The molecule has 0 atom stereocenters. The zero-order chi connectivity index (χ0) is 9.97. The Bertz CT molecular complexity index is 425. The molecule has 5 nitrogen and oxygen atoms in total. The monoisotopic (exact) mass is 208 g/mol. The lowest BCUT2D eigenvalue weighted by atomic mass is 10.3. The van der Waals surface area contributed by atoms with Gasteiger partial charge in [-0.1, -0.05) is 16.9 Å². The van der Waals surface area contributed by atoms with Gasteiger partial charge in [0.2, 0.25) is 0 Å². The molecule has 2 aromatic heterocycles. The van der Waals surface area contributed by atoms with Gasteiger partial charge in [-0.05, 0) is 13.2 Å². The van der Waals surface area contributed by atoms with Gasteiger partial charge < -0.3 is 4.52 Å². The Hall–Kier alpha value is -1.43. The number of aryl methyl sites for hydroxylation is 1. The van der Waals surface area contributed by atoms with Crippen molar-refractivity contribution in [3.05, 3.63) is 18.2 Å². The fraction of sp³-hybridized carbons (Fsp3) is 0.250. The lowest BCUT2D eigenvalue weighted by Crippen LogP contribution is -1.86. The highest BCUT2D eigenvalue weighted by Crippen LogP contribution is 2.16. The third-order valence-corrected chi connectivity index (χ3v) is 2.16. The molecule has 14 heavy (non-hydrogen) atoms. The summed E-state index contributed by atoms with van der Waals surface area (Å²) in [5.74, 6) is 1.06. The maximum absolute atomic E-state index is 4.98. The third-order valence-electron chi connectivity index (χ3n) is 1.59. The van der Waals surface area contributed by atoms with E-state index >= 15 is 0 Å². The van der Waals surface area contributed by atoms with Crippen molar-refractivity contribution in [2.24, 2.45) is 0 Å². The number of hydrogen-bond donors (Lipinski definition) is 0. The van der Waals surface area contributed by atoms with Gasteiger partial charge >= 0.3 is 0 Å². The van der Waals surface area contributed by atoms with Crippen LogP contribution >= 0.6 is 11.8 Å². The van der Waals surface area contributed by atoms with E-state index in [-0.39, 0.29) is 0 Å². The first-order valence-electron chi connectivity index (χ1n) is 3.96. The van der Waals surface area contributed by atoms with E-state index in [1.807, 2.05) is 6.26 Å². The lowest BCUT2D eigenvalue weighted by Gasteiger charge is -1.94. The van der Waals surface area contributed by atoms with E-state index in [0.29, 0.717) is 11.7 Å². The summed E-state index contributed by atoms with van der Waals surface area (Å²) in [7, 11) is 0. The first kappa shape index (κ1) is 9.14. The third kappa shape index (κ3) is 1.74. The van der Waals surface area contributed by atoms with E-state index in [9.17, 15) is 0 Å². The molecule has 0 aromatic carbocycles. The van der Waals surface area contributed by atoms with Gasteiger partial charge in [-0.25, -0.2) is 9.97 Å². The molecule has 0 aliphatic carbocycles. The molecule has 2 aromatic rings. The van der Waals surface area contributed by atoms with Gasteiger partial charge in [-0.2, -0.15) is 4.98 Å². The van der Waals surface area contributed by atoms with Crippen molar-refractivity contribution in [2.45, 2.75) is 12.1 Å². The van der Waals surface area contributed by atoms with E-state index in [0.717, 1.165) is 10.7 Å². The predicted molar refractivity (Wildman–Crippen MR) is 51.8 cm³/mol. The van der Waals surface area contributed by atoms with Crippen LogP contribution in [-0.4, -0.2) is 26.4 Å². The molecule has 0 aliphatic heterocycles. The standard InChI is InChI=1S/C8H8N4OS/c1-5-11-7(13-12-5)6-3-9-8(14-2)10-4-6/h3-4H,1-2H3. The van der Waals surface area contributed by atoms with Gasteiger partial charge in [-0.15, -0.1) is 0 Å². The van der Waals surface area contributed by atoms with Gasteiger partial charge in [0.05, 0.1) is 5.56 Å². The Morgan fingerprint density at radius 3 is 2.50 bits per heavy atom. The SMILES string of the molecule is CSc1ncc(-c2nc(C)no2)cn1. The summed E-state index contributed by atoms with van der Waals surface area (Å²) in [4.78, 5) is 12.3. The van der Waals surface area contributed by atoms with Crippen LogP contribution in [0.4, 0.5) is 0 Å². The van der Waals surface area contributed by atoms with Crippen LogP contribution in [0.5, 0.6) is 0 Å². The molecule has 72 valence electrons. The average Bonchev–Trinajstić information content (AvgIpc) is 2.65. The maximum atomic E-state index is 4.98. The Balaban J connectivity index is 2.33. The fourth-order valence-corrected chi connectivity index (χ4v) is 1.26. The minimum Gasteiger partial charge on any atom is -0.334 e. The van der Waals surface area contributed by atoms with E-state index in [2.05, 4.69) is 20.1 Å². The minimum atomic E-state index is 0.454. The van der Waals surface area contributed by atoms with E-state index in [1.165, 1.54) is 11.8 Å². The zero-order valence-electron chi connectivity index (χ0n) is 7.76. The smallest absolute Gasteiger partial charge is 0.261 e. The summed E-state index contributed by atoms with van der Waals surface area (Å²) in [5, 5.41) is 4.42. The molecule has 0 saturated carbocycles. The van der Waals surface area contributed by atoms with Crippen LogP contribution in [0.3, 0.4) is 0 Å². The predicted octanol–water partition coefficient (Wildman–Crippen LogP) is 1.56. The number of thioether (sulfide) groups is 1. The van der Waals surface area contributed by atoms with Crippen molar-refractivity contribution in [1.29, 1.82) is 0 Å². The highest BCUT2D eigenvalue weighted by molar-refractivity contribution is 7.98. The van der Waals surface area contributed by atoms with Crippen molar-refractivity contribution in [3.63, 3.8) is 0 Å². The summed E-state index contributed by atoms with van der Waals surface area (Å²) < 4.78 is 4.98. The second-order valence-electron chi connectivity index (χ2n) is 2.61. The van der Waals surface area contributed by atoms with Crippen molar-refractivity contribution in [2.75, 3.05) is 6.26 Å². The number of hydrogen-bond acceptors (Lipinski definition) is 6. The quantitative estimate of drug-likeness (QED) is 0.551. The van der Waals surface area contributed by atoms with Gasteiger partial charge in [0, 0.05) is 12.4 Å². The first-order chi connectivity index (χ1) is 6.79.